The predicted octanol–water partition coefficient (Wildman–Crippen LogP) is 2.91. The first-order valence-corrected chi connectivity index (χ1v) is 6.06. The summed E-state index contributed by atoms with van der Waals surface area (Å²) in [7, 11) is 1.24. The van der Waals surface area contributed by atoms with Crippen LogP contribution < -0.4 is 10.5 Å². The van der Waals surface area contributed by atoms with E-state index in [1.807, 2.05) is 0 Å². The summed E-state index contributed by atoms with van der Waals surface area (Å²) in [6, 6.07) is 7.82. The first-order chi connectivity index (χ1) is 10.0. The summed E-state index contributed by atoms with van der Waals surface area (Å²) >= 11 is 0. The van der Waals surface area contributed by atoms with Gasteiger partial charge in [-0.15, -0.1) is 0 Å². The van der Waals surface area contributed by atoms with Gasteiger partial charge in [-0.3, -0.25) is 0 Å². The minimum absolute atomic E-state index is 0.153. The molecule has 0 fully saturated rings. The first kappa shape index (κ1) is 14.8. The molecule has 0 saturated carbocycles. The number of nitrogen functional groups attached to an aromatic ring is 1. The molecule has 0 unspecified atom stereocenters. The highest BCUT2D eigenvalue weighted by Gasteiger charge is 2.12. The lowest BCUT2D eigenvalue weighted by Crippen LogP contribution is -2.06. The summed E-state index contributed by atoms with van der Waals surface area (Å²) in [6.45, 7) is -0.340. The van der Waals surface area contributed by atoms with E-state index in [0.29, 0.717) is 0 Å². The number of esters is 1. The number of benzene rings is 2. The Balaban J connectivity index is 2.22. The topological polar surface area (TPSA) is 61.5 Å². The molecule has 0 saturated heterocycles. The maximum absolute atomic E-state index is 13.5. The van der Waals surface area contributed by atoms with E-state index >= 15 is 0 Å². The monoisotopic (exact) mass is 293 g/mol. The third kappa shape index (κ3) is 3.28. The molecule has 0 aliphatic carbocycles. The zero-order valence-corrected chi connectivity index (χ0v) is 11.2. The molecule has 0 heterocycles. The van der Waals surface area contributed by atoms with Crippen molar-refractivity contribution in [2.75, 3.05) is 12.8 Å². The highest BCUT2D eigenvalue weighted by molar-refractivity contribution is 5.90. The molecule has 21 heavy (non-hydrogen) atoms. The zero-order valence-electron chi connectivity index (χ0n) is 11.2. The van der Waals surface area contributed by atoms with Crippen molar-refractivity contribution in [2.45, 2.75) is 6.61 Å². The summed E-state index contributed by atoms with van der Waals surface area (Å²) in [6.07, 6.45) is 0. The Kier molecular flexibility index (Phi) is 4.37. The van der Waals surface area contributed by atoms with Gasteiger partial charge in [-0.05, 0) is 30.3 Å². The molecule has 0 aromatic heterocycles. The standard InChI is InChI=1S/C15H13F2NO3/c1-20-15(19)9-5-6-13(18)14(7-9)21-8-10-11(16)3-2-4-12(10)17/h2-7H,8,18H2,1H3. The number of hydrogen-bond donors (Lipinski definition) is 1. The molecule has 0 atom stereocenters. The Labute approximate surface area is 120 Å². The Morgan fingerprint density at radius 3 is 2.48 bits per heavy atom. The lowest BCUT2D eigenvalue weighted by Gasteiger charge is -2.11. The first-order valence-electron chi connectivity index (χ1n) is 6.06. The number of hydrogen-bond acceptors (Lipinski definition) is 4. The quantitative estimate of drug-likeness (QED) is 0.695. The summed E-state index contributed by atoms with van der Waals surface area (Å²) < 4.78 is 36.9. The van der Waals surface area contributed by atoms with Crippen LogP contribution in [-0.2, 0) is 11.3 Å². The zero-order chi connectivity index (χ0) is 15.4. The number of nitrogens with two attached hydrogens (primary N) is 1. The predicted molar refractivity (Wildman–Crippen MR) is 72.9 cm³/mol. The Morgan fingerprint density at radius 2 is 1.86 bits per heavy atom. The van der Waals surface area contributed by atoms with Crippen molar-refractivity contribution in [2.24, 2.45) is 0 Å². The molecule has 2 aromatic carbocycles. The van der Waals surface area contributed by atoms with Crippen LogP contribution in [-0.4, -0.2) is 13.1 Å². The van der Waals surface area contributed by atoms with E-state index in [0.717, 1.165) is 12.1 Å². The van der Waals surface area contributed by atoms with Crippen LogP contribution in [0.2, 0.25) is 0 Å². The molecule has 0 aliphatic heterocycles. The molecule has 2 aromatic rings. The molecule has 2 N–H and O–H groups in total. The van der Waals surface area contributed by atoms with Crippen molar-refractivity contribution in [3.8, 4) is 5.75 Å². The highest BCUT2D eigenvalue weighted by atomic mass is 19.1. The maximum Gasteiger partial charge on any atom is 0.337 e. The average molecular weight is 293 g/mol. The lowest BCUT2D eigenvalue weighted by molar-refractivity contribution is 0.0600. The van der Waals surface area contributed by atoms with Crippen LogP contribution in [0.1, 0.15) is 15.9 Å². The second-order valence-electron chi connectivity index (χ2n) is 4.23. The van der Waals surface area contributed by atoms with Crippen molar-refractivity contribution in [1.29, 1.82) is 0 Å². The van der Waals surface area contributed by atoms with Gasteiger partial charge in [0.2, 0.25) is 0 Å². The number of rotatable bonds is 4. The molecule has 0 radical (unpaired) electrons. The number of carbonyl (C=O) groups is 1. The summed E-state index contributed by atoms with van der Waals surface area (Å²) in [5, 5.41) is 0. The van der Waals surface area contributed by atoms with Crippen LogP contribution in [0.5, 0.6) is 5.75 Å². The van der Waals surface area contributed by atoms with Gasteiger partial charge in [0.1, 0.15) is 24.0 Å². The number of anilines is 1. The van der Waals surface area contributed by atoms with Crippen molar-refractivity contribution in [3.05, 3.63) is 59.2 Å². The van der Waals surface area contributed by atoms with Crippen LogP contribution in [0.15, 0.2) is 36.4 Å². The fraction of sp³-hybridized carbons (Fsp3) is 0.133. The van der Waals surface area contributed by atoms with Gasteiger partial charge < -0.3 is 15.2 Å². The fourth-order valence-corrected chi connectivity index (χ4v) is 1.72. The minimum atomic E-state index is -0.710. The third-order valence-corrected chi connectivity index (χ3v) is 2.87. The van der Waals surface area contributed by atoms with Gasteiger partial charge in [-0.25, -0.2) is 13.6 Å². The van der Waals surface area contributed by atoms with Gasteiger partial charge in [0, 0.05) is 0 Å². The van der Waals surface area contributed by atoms with E-state index in [-0.39, 0.29) is 29.2 Å². The lowest BCUT2D eigenvalue weighted by atomic mass is 10.2. The number of carbonyl (C=O) groups excluding carboxylic acids is 1. The Morgan fingerprint density at radius 1 is 1.19 bits per heavy atom. The van der Waals surface area contributed by atoms with Crippen molar-refractivity contribution >= 4 is 11.7 Å². The van der Waals surface area contributed by atoms with Gasteiger partial charge in [0.25, 0.3) is 0 Å². The summed E-state index contributed by atoms with van der Waals surface area (Å²) in [5.74, 6) is -1.83. The van der Waals surface area contributed by atoms with E-state index in [2.05, 4.69) is 4.74 Å². The number of halogens is 2. The molecule has 0 bridgehead atoms. The maximum atomic E-state index is 13.5. The molecule has 110 valence electrons. The third-order valence-electron chi connectivity index (χ3n) is 2.87. The Bertz CT molecular complexity index is 654. The minimum Gasteiger partial charge on any atom is -0.486 e. The van der Waals surface area contributed by atoms with E-state index < -0.39 is 17.6 Å². The molecule has 4 nitrogen and oxygen atoms in total. The van der Waals surface area contributed by atoms with Crippen LogP contribution >= 0.6 is 0 Å². The largest absolute Gasteiger partial charge is 0.486 e. The second-order valence-corrected chi connectivity index (χ2v) is 4.23. The van der Waals surface area contributed by atoms with Crippen LogP contribution in [0.4, 0.5) is 14.5 Å². The molecular formula is C15H13F2NO3. The molecule has 0 aliphatic rings. The van der Waals surface area contributed by atoms with Gasteiger partial charge >= 0.3 is 5.97 Å². The fourth-order valence-electron chi connectivity index (χ4n) is 1.72. The summed E-state index contributed by atoms with van der Waals surface area (Å²) in [5.41, 5.74) is 5.98. The average Bonchev–Trinajstić information content (AvgIpc) is 2.47. The molecule has 0 spiro atoms. The van der Waals surface area contributed by atoms with Gasteiger partial charge in [-0.1, -0.05) is 6.07 Å². The molecule has 0 amide bonds. The van der Waals surface area contributed by atoms with E-state index in [1.54, 1.807) is 0 Å². The van der Waals surface area contributed by atoms with Crippen LogP contribution in [0.3, 0.4) is 0 Å². The van der Waals surface area contributed by atoms with Crippen LogP contribution in [0.25, 0.3) is 0 Å². The second kappa shape index (κ2) is 6.21. The van der Waals surface area contributed by atoms with E-state index in [9.17, 15) is 13.6 Å². The molecular weight excluding hydrogens is 280 g/mol. The van der Waals surface area contributed by atoms with Crippen molar-refractivity contribution in [3.63, 3.8) is 0 Å². The van der Waals surface area contributed by atoms with Crippen LogP contribution in [0, 0.1) is 11.6 Å². The van der Waals surface area contributed by atoms with Gasteiger partial charge in [0.15, 0.2) is 0 Å². The molecule has 2 rings (SSSR count). The summed E-state index contributed by atoms with van der Waals surface area (Å²) in [4.78, 5) is 11.4. The smallest absolute Gasteiger partial charge is 0.337 e. The SMILES string of the molecule is COC(=O)c1ccc(N)c(OCc2c(F)cccc2F)c1. The van der Waals surface area contributed by atoms with E-state index in [4.69, 9.17) is 10.5 Å². The Hall–Kier alpha value is -2.63. The van der Waals surface area contributed by atoms with E-state index in [1.165, 1.54) is 31.4 Å². The number of ether oxygens (including phenoxy) is 2. The van der Waals surface area contributed by atoms with Crippen molar-refractivity contribution < 1.29 is 23.0 Å². The van der Waals surface area contributed by atoms with Crippen molar-refractivity contribution in [1.82, 2.24) is 0 Å². The normalized spacial score (nSPS) is 10.2. The molecule has 6 heteroatoms. The number of methoxy groups -OCH3 is 1. The van der Waals surface area contributed by atoms with Gasteiger partial charge in [0.05, 0.1) is 23.9 Å². The highest BCUT2D eigenvalue weighted by Crippen LogP contribution is 2.25. The van der Waals surface area contributed by atoms with Gasteiger partial charge in [-0.2, -0.15) is 0 Å².